The van der Waals surface area contributed by atoms with Crippen molar-refractivity contribution in [1.29, 1.82) is 0 Å². The monoisotopic (exact) mass is 326 g/mol. The van der Waals surface area contributed by atoms with Gasteiger partial charge in [0.05, 0.1) is 5.60 Å². The third-order valence-corrected chi connectivity index (χ3v) is 4.89. The summed E-state index contributed by atoms with van der Waals surface area (Å²) in [6.45, 7) is 12.5. The second kappa shape index (κ2) is 7.39. The van der Waals surface area contributed by atoms with Crippen LogP contribution in [0.2, 0.25) is 0 Å². The Balaban J connectivity index is 1.85. The van der Waals surface area contributed by atoms with E-state index in [1.54, 1.807) is 0 Å². The molecule has 0 saturated carbocycles. The molecule has 2 aliphatic rings. The standard InChI is InChI=1S/C18H34N2O3/c1-6-18(5)12-14(9-11-22-18)19-15-8-7-10-20(13-15)16(21)23-17(2,3)4/h14-15,19H,6-13H2,1-5H3. The summed E-state index contributed by atoms with van der Waals surface area (Å²) in [6.07, 6.45) is 5.12. The van der Waals surface area contributed by atoms with Crippen LogP contribution in [0, 0.1) is 0 Å². The zero-order valence-electron chi connectivity index (χ0n) is 15.5. The molecule has 2 fully saturated rings. The summed E-state index contributed by atoms with van der Waals surface area (Å²) < 4.78 is 11.4. The van der Waals surface area contributed by atoms with E-state index in [1.165, 1.54) is 0 Å². The molecule has 134 valence electrons. The maximum Gasteiger partial charge on any atom is 0.410 e. The van der Waals surface area contributed by atoms with E-state index in [0.717, 1.165) is 51.8 Å². The van der Waals surface area contributed by atoms with Gasteiger partial charge in [-0.1, -0.05) is 6.92 Å². The quantitative estimate of drug-likeness (QED) is 0.864. The minimum absolute atomic E-state index is 0.00453. The number of nitrogens with zero attached hydrogens (tertiary/aromatic N) is 1. The minimum Gasteiger partial charge on any atom is -0.444 e. The number of piperidine rings is 1. The molecule has 23 heavy (non-hydrogen) atoms. The van der Waals surface area contributed by atoms with Crippen LogP contribution in [0.4, 0.5) is 4.79 Å². The Morgan fingerprint density at radius 1 is 1.35 bits per heavy atom. The molecule has 0 bridgehead atoms. The van der Waals surface area contributed by atoms with Crippen LogP contribution in [0.15, 0.2) is 0 Å². The fraction of sp³-hybridized carbons (Fsp3) is 0.944. The van der Waals surface area contributed by atoms with E-state index in [9.17, 15) is 4.79 Å². The molecule has 0 spiro atoms. The third-order valence-electron chi connectivity index (χ3n) is 4.89. The Morgan fingerprint density at radius 3 is 2.74 bits per heavy atom. The van der Waals surface area contributed by atoms with Crippen LogP contribution >= 0.6 is 0 Å². The third kappa shape index (κ3) is 5.64. The van der Waals surface area contributed by atoms with Gasteiger partial charge in [-0.15, -0.1) is 0 Å². The van der Waals surface area contributed by atoms with E-state index < -0.39 is 5.60 Å². The molecule has 2 rings (SSSR count). The van der Waals surface area contributed by atoms with Crippen molar-refractivity contribution >= 4 is 6.09 Å². The summed E-state index contributed by atoms with van der Waals surface area (Å²) >= 11 is 0. The molecular formula is C18H34N2O3. The van der Waals surface area contributed by atoms with E-state index in [-0.39, 0.29) is 11.7 Å². The average Bonchev–Trinajstić information content (AvgIpc) is 2.46. The topological polar surface area (TPSA) is 50.8 Å². The van der Waals surface area contributed by atoms with Gasteiger partial charge in [0.2, 0.25) is 0 Å². The molecule has 2 saturated heterocycles. The predicted octanol–water partition coefficient (Wildman–Crippen LogP) is 3.32. The van der Waals surface area contributed by atoms with Gasteiger partial charge in [0.15, 0.2) is 0 Å². The van der Waals surface area contributed by atoms with Crippen LogP contribution < -0.4 is 5.32 Å². The number of carbonyl (C=O) groups is 1. The lowest BCUT2D eigenvalue weighted by atomic mass is 9.89. The minimum atomic E-state index is -0.429. The predicted molar refractivity (Wildman–Crippen MR) is 91.6 cm³/mol. The summed E-state index contributed by atoms with van der Waals surface area (Å²) in [6, 6.07) is 0.845. The van der Waals surface area contributed by atoms with Crippen LogP contribution in [0.5, 0.6) is 0 Å². The van der Waals surface area contributed by atoms with E-state index in [0.29, 0.717) is 12.1 Å². The molecule has 2 heterocycles. The second-order valence-corrected chi connectivity index (χ2v) is 8.27. The highest BCUT2D eigenvalue weighted by Gasteiger charge is 2.34. The maximum absolute atomic E-state index is 12.3. The number of rotatable bonds is 3. The van der Waals surface area contributed by atoms with Crippen molar-refractivity contribution in [2.45, 2.75) is 90.0 Å². The zero-order chi connectivity index (χ0) is 17.1. The number of likely N-dealkylation sites (tertiary alicyclic amines) is 1. The van der Waals surface area contributed by atoms with Crippen molar-refractivity contribution in [2.24, 2.45) is 0 Å². The molecule has 0 aliphatic carbocycles. The van der Waals surface area contributed by atoms with Gasteiger partial charge in [0.25, 0.3) is 0 Å². The Hall–Kier alpha value is -0.810. The van der Waals surface area contributed by atoms with Gasteiger partial charge in [-0.05, 0) is 59.8 Å². The molecule has 1 N–H and O–H groups in total. The van der Waals surface area contributed by atoms with Gasteiger partial charge in [-0.2, -0.15) is 0 Å². The first-order chi connectivity index (χ1) is 10.7. The van der Waals surface area contributed by atoms with E-state index in [4.69, 9.17) is 9.47 Å². The van der Waals surface area contributed by atoms with Gasteiger partial charge in [0, 0.05) is 31.8 Å². The maximum atomic E-state index is 12.3. The molecular weight excluding hydrogens is 292 g/mol. The van der Waals surface area contributed by atoms with Crippen LogP contribution in [0.3, 0.4) is 0 Å². The number of ether oxygens (including phenoxy) is 2. The van der Waals surface area contributed by atoms with Crippen molar-refractivity contribution in [3.63, 3.8) is 0 Å². The normalized spacial score (nSPS) is 32.7. The van der Waals surface area contributed by atoms with E-state index in [2.05, 4.69) is 19.2 Å². The lowest BCUT2D eigenvalue weighted by Crippen LogP contribution is -2.54. The summed E-state index contributed by atoms with van der Waals surface area (Å²) in [5.41, 5.74) is -0.434. The Morgan fingerprint density at radius 2 is 2.09 bits per heavy atom. The molecule has 5 nitrogen and oxygen atoms in total. The molecule has 0 aromatic carbocycles. The summed E-state index contributed by atoms with van der Waals surface area (Å²) in [7, 11) is 0. The Labute approximate surface area is 141 Å². The first-order valence-corrected chi connectivity index (χ1v) is 9.09. The van der Waals surface area contributed by atoms with Crippen LogP contribution in [0.1, 0.15) is 66.7 Å². The fourth-order valence-corrected chi connectivity index (χ4v) is 3.46. The van der Waals surface area contributed by atoms with Gasteiger partial charge >= 0.3 is 6.09 Å². The first-order valence-electron chi connectivity index (χ1n) is 9.09. The number of amides is 1. The number of carbonyl (C=O) groups excluding carboxylic acids is 1. The lowest BCUT2D eigenvalue weighted by molar-refractivity contribution is -0.0800. The Kier molecular flexibility index (Phi) is 5.95. The lowest BCUT2D eigenvalue weighted by Gasteiger charge is -2.41. The molecule has 3 unspecified atom stereocenters. The SMILES string of the molecule is CCC1(C)CC(NC2CCCN(C(=O)OC(C)(C)C)C2)CCO1. The van der Waals surface area contributed by atoms with Crippen molar-refractivity contribution in [2.75, 3.05) is 19.7 Å². The van der Waals surface area contributed by atoms with Crippen LogP contribution in [0.25, 0.3) is 0 Å². The highest BCUT2D eigenvalue weighted by molar-refractivity contribution is 5.68. The molecule has 0 radical (unpaired) electrons. The van der Waals surface area contributed by atoms with Gasteiger partial charge in [-0.3, -0.25) is 0 Å². The van der Waals surface area contributed by atoms with Crippen molar-refractivity contribution < 1.29 is 14.3 Å². The highest BCUT2D eigenvalue weighted by atomic mass is 16.6. The smallest absolute Gasteiger partial charge is 0.410 e. The largest absolute Gasteiger partial charge is 0.444 e. The summed E-state index contributed by atoms with van der Waals surface area (Å²) in [5.74, 6) is 0. The summed E-state index contributed by atoms with van der Waals surface area (Å²) in [5, 5.41) is 3.77. The molecule has 2 aliphatic heterocycles. The molecule has 1 amide bonds. The van der Waals surface area contributed by atoms with Crippen molar-refractivity contribution in [3.8, 4) is 0 Å². The van der Waals surface area contributed by atoms with Crippen molar-refractivity contribution in [3.05, 3.63) is 0 Å². The Bertz CT molecular complexity index is 408. The van der Waals surface area contributed by atoms with Gasteiger partial charge < -0.3 is 19.7 Å². The average molecular weight is 326 g/mol. The fourth-order valence-electron chi connectivity index (χ4n) is 3.46. The zero-order valence-corrected chi connectivity index (χ0v) is 15.5. The summed E-state index contributed by atoms with van der Waals surface area (Å²) in [4.78, 5) is 14.1. The number of hydrogen-bond donors (Lipinski definition) is 1. The van der Waals surface area contributed by atoms with Crippen molar-refractivity contribution in [1.82, 2.24) is 10.2 Å². The van der Waals surface area contributed by atoms with Crippen LogP contribution in [-0.4, -0.2) is 54.0 Å². The first kappa shape index (κ1) is 18.5. The molecule has 3 atom stereocenters. The molecule has 5 heteroatoms. The second-order valence-electron chi connectivity index (χ2n) is 8.27. The van der Waals surface area contributed by atoms with Gasteiger partial charge in [0.1, 0.15) is 5.60 Å². The molecule has 0 aromatic rings. The molecule has 0 aromatic heterocycles. The highest BCUT2D eigenvalue weighted by Crippen LogP contribution is 2.28. The van der Waals surface area contributed by atoms with Gasteiger partial charge in [-0.25, -0.2) is 4.79 Å². The van der Waals surface area contributed by atoms with E-state index in [1.807, 2.05) is 25.7 Å². The number of hydrogen-bond acceptors (Lipinski definition) is 4. The number of nitrogens with one attached hydrogen (secondary N) is 1. The van der Waals surface area contributed by atoms with Crippen LogP contribution in [-0.2, 0) is 9.47 Å². The van der Waals surface area contributed by atoms with E-state index >= 15 is 0 Å².